The van der Waals surface area contributed by atoms with Crippen LogP contribution in [0.5, 0.6) is 5.75 Å². The average Bonchev–Trinajstić information content (AvgIpc) is 2.45. The van der Waals surface area contributed by atoms with E-state index in [1.165, 1.54) is 13.0 Å². The lowest BCUT2D eigenvalue weighted by Gasteiger charge is -2.15. The molecule has 130 valence electrons. The molecule has 24 heavy (non-hydrogen) atoms. The van der Waals surface area contributed by atoms with E-state index < -0.39 is 22.9 Å². The molecule has 0 radical (unpaired) electrons. The topological polar surface area (TPSA) is 44.1 Å². The van der Waals surface area contributed by atoms with E-state index in [0.717, 1.165) is 6.07 Å². The second kappa shape index (κ2) is 7.14. The van der Waals surface area contributed by atoms with Crippen molar-refractivity contribution in [3.63, 3.8) is 0 Å². The SMILES string of the molecule is Cc1nc(-c2cc(OC(C)C)c(Br)cc2F)c(Cl)c(=O)n1C(F)F. The molecule has 0 unspecified atom stereocenters. The highest BCUT2D eigenvalue weighted by Gasteiger charge is 2.22. The van der Waals surface area contributed by atoms with Crippen molar-refractivity contribution in [3.05, 3.63) is 43.6 Å². The van der Waals surface area contributed by atoms with E-state index in [1.807, 2.05) is 0 Å². The maximum Gasteiger partial charge on any atom is 0.322 e. The summed E-state index contributed by atoms with van der Waals surface area (Å²) in [7, 11) is 0. The zero-order valence-electron chi connectivity index (χ0n) is 12.9. The summed E-state index contributed by atoms with van der Waals surface area (Å²) < 4.78 is 46.2. The van der Waals surface area contributed by atoms with Gasteiger partial charge in [0.05, 0.1) is 16.3 Å². The van der Waals surface area contributed by atoms with Crippen LogP contribution in [0.3, 0.4) is 0 Å². The zero-order chi connectivity index (χ0) is 18.2. The summed E-state index contributed by atoms with van der Waals surface area (Å²) in [4.78, 5) is 15.9. The Morgan fingerprint density at radius 3 is 2.50 bits per heavy atom. The first-order chi connectivity index (χ1) is 11.1. The molecule has 0 spiro atoms. The molecule has 0 saturated carbocycles. The van der Waals surface area contributed by atoms with Crippen molar-refractivity contribution in [1.29, 1.82) is 0 Å². The Hall–Kier alpha value is -1.54. The number of alkyl halides is 2. The van der Waals surface area contributed by atoms with Gasteiger partial charge in [-0.05, 0) is 48.8 Å². The number of ether oxygens (including phenoxy) is 1. The third-order valence-corrected chi connectivity index (χ3v) is 4.03. The lowest BCUT2D eigenvalue weighted by molar-refractivity contribution is 0.0628. The molecule has 2 aromatic rings. The quantitative estimate of drug-likeness (QED) is 0.696. The number of nitrogens with zero attached hydrogens (tertiary/aromatic N) is 2. The minimum atomic E-state index is -3.09. The molecule has 1 aromatic heterocycles. The van der Waals surface area contributed by atoms with Gasteiger partial charge in [0.25, 0.3) is 5.56 Å². The minimum absolute atomic E-state index is 0.111. The number of rotatable bonds is 4. The number of aromatic nitrogens is 2. The van der Waals surface area contributed by atoms with Crippen LogP contribution in [0.25, 0.3) is 11.3 Å². The summed E-state index contributed by atoms with van der Waals surface area (Å²) in [5.74, 6) is -0.681. The van der Waals surface area contributed by atoms with Gasteiger partial charge in [-0.3, -0.25) is 4.79 Å². The van der Waals surface area contributed by atoms with Gasteiger partial charge >= 0.3 is 6.55 Å². The summed E-state index contributed by atoms with van der Waals surface area (Å²) in [5.41, 5.74) is -1.46. The number of hydrogen-bond donors (Lipinski definition) is 0. The molecule has 0 amide bonds. The van der Waals surface area contributed by atoms with Gasteiger partial charge in [0, 0.05) is 5.56 Å². The van der Waals surface area contributed by atoms with Gasteiger partial charge in [-0.25, -0.2) is 13.9 Å². The first-order valence-electron chi connectivity index (χ1n) is 6.86. The minimum Gasteiger partial charge on any atom is -0.490 e. The van der Waals surface area contributed by atoms with Crippen LogP contribution < -0.4 is 10.3 Å². The predicted molar refractivity (Wildman–Crippen MR) is 88.4 cm³/mol. The average molecular weight is 426 g/mol. The Balaban J connectivity index is 2.71. The second-order valence-corrected chi connectivity index (χ2v) is 6.44. The van der Waals surface area contributed by atoms with Crippen LogP contribution in [0.1, 0.15) is 26.2 Å². The van der Waals surface area contributed by atoms with Crippen LogP contribution >= 0.6 is 27.5 Å². The van der Waals surface area contributed by atoms with Gasteiger partial charge in [-0.15, -0.1) is 0 Å². The van der Waals surface area contributed by atoms with Crippen molar-refractivity contribution in [2.45, 2.75) is 33.4 Å². The largest absolute Gasteiger partial charge is 0.490 e. The Kier molecular flexibility index (Phi) is 5.59. The zero-order valence-corrected chi connectivity index (χ0v) is 15.3. The Morgan fingerprint density at radius 2 is 1.96 bits per heavy atom. The molecular weight excluding hydrogens is 413 g/mol. The first-order valence-corrected chi connectivity index (χ1v) is 8.03. The van der Waals surface area contributed by atoms with Gasteiger partial charge in [0.15, 0.2) is 0 Å². The highest BCUT2D eigenvalue weighted by Crippen LogP contribution is 2.35. The fraction of sp³-hybridized carbons (Fsp3) is 0.333. The van der Waals surface area contributed by atoms with E-state index in [-0.39, 0.29) is 27.8 Å². The van der Waals surface area contributed by atoms with Crippen molar-refractivity contribution < 1.29 is 17.9 Å². The van der Waals surface area contributed by atoms with E-state index in [2.05, 4.69) is 20.9 Å². The molecule has 0 saturated heterocycles. The van der Waals surface area contributed by atoms with Gasteiger partial charge < -0.3 is 4.74 Å². The molecule has 0 aliphatic rings. The summed E-state index contributed by atoms with van der Waals surface area (Å²) in [6.07, 6.45) is -0.184. The fourth-order valence-corrected chi connectivity index (χ4v) is 2.73. The number of hydrogen-bond acceptors (Lipinski definition) is 3. The molecule has 9 heteroatoms. The van der Waals surface area contributed by atoms with Crippen molar-refractivity contribution in [2.24, 2.45) is 0 Å². The Bertz CT molecular complexity index is 840. The highest BCUT2D eigenvalue weighted by molar-refractivity contribution is 9.10. The fourth-order valence-electron chi connectivity index (χ4n) is 2.08. The third kappa shape index (κ3) is 3.59. The van der Waals surface area contributed by atoms with Crippen molar-refractivity contribution in [1.82, 2.24) is 9.55 Å². The predicted octanol–water partition coefficient (Wildman–Crippen LogP) is 4.96. The smallest absolute Gasteiger partial charge is 0.322 e. The van der Waals surface area contributed by atoms with Crippen LogP contribution in [-0.2, 0) is 0 Å². The van der Waals surface area contributed by atoms with Crippen LogP contribution in [-0.4, -0.2) is 15.7 Å². The van der Waals surface area contributed by atoms with Crippen molar-refractivity contribution >= 4 is 27.5 Å². The molecule has 2 rings (SSSR count). The molecule has 0 aliphatic carbocycles. The molecule has 0 aliphatic heterocycles. The normalized spacial score (nSPS) is 11.4. The Labute approximate surface area is 149 Å². The molecule has 4 nitrogen and oxygen atoms in total. The Morgan fingerprint density at radius 1 is 1.33 bits per heavy atom. The van der Waals surface area contributed by atoms with E-state index >= 15 is 0 Å². The molecule has 0 bridgehead atoms. The van der Waals surface area contributed by atoms with E-state index in [4.69, 9.17) is 16.3 Å². The number of benzene rings is 1. The van der Waals surface area contributed by atoms with Crippen LogP contribution in [0.2, 0.25) is 5.02 Å². The summed E-state index contributed by atoms with van der Waals surface area (Å²) >= 11 is 9.05. The number of halogens is 5. The lowest BCUT2D eigenvalue weighted by atomic mass is 10.1. The highest BCUT2D eigenvalue weighted by atomic mass is 79.9. The standard InChI is InChI=1S/C15H13BrClF3N2O2/c1-6(2)24-11-4-8(10(18)5-9(11)16)13-12(17)14(23)22(15(19)20)7(3)21-13/h4-6,15H,1-3H3. The molecule has 0 atom stereocenters. The van der Waals surface area contributed by atoms with Gasteiger partial charge in [-0.1, -0.05) is 11.6 Å². The maximum atomic E-state index is 14.3. The van der Waals surface area contributed by atoms with Crippen LogP contribution in [0.15, 0.2) is 21.4 Å². The van der Waals surface area contributed by atoms with E-state index in [1.54, 1.807) is 13.8 Å². The van der Waals surface area contributed by atoms with Crippen molar-refractivity contribution in [3.8, 4) is 17.0 Å². The van der Waals surface area contributed by atoms with Crippen LogP contribution in [0.4, 0.5) is 13.2 Å². The molecular formula is C15H13BrClF3N2O2. The molecule has 1 aromatic carbocycles. The van der Waals surface area contributed by atoms with E-state index in [0.29, 0.717) is 10.2 Å². The molecule has 0 N–H and O–H groups in total. The summed E-state index contributed by atoms with van der Waals surface area (Å²) in [5, 5.41) is -0.586. The van der Waals surface area contributed by atoms with Gasteiger partial charge in [0.1, 0.15) is 22.4 Å². The monoisotopic (exact) mass is 424 g/mol. The molecule has 0 fully saturated rings. The third-order valence-electron chi connectivity index (χ3n) is 3.07. The van der Waals surface area contributed by atoms with Crippen LogP contribution in [0, 0.1) is 12.7 Å². The second-order valence-electron chi connectivity index (χ2n) is 5.20. The van der Waals surface area contributed by atoms with E-state index in [9.17, 15) is 18.0 Å². The summed E-state index contributed by atoms with van der Waals surface area (Å²) in [6.45, 7) is 1.70. The maximum absolute atomic E-state index is 14.3. The summed E-state index contributed by atoms with van der Waals surface area (Å²) in [6, 6.07) is 2.46. The lowest BCUT2D eigenvalue weighted by Crippen LogP contribution is -2.25. The molecule has 1 heterocycles. The first kappa shape index (κ1) is 18.8. The number of aryl methyl sites for hydroxylation is 1. The van der Waals surface area contributed by atoms with Crippen molar-refractivity contribution in [2.75, 3.05) is 0 Å². The van der Waals surface area contributed by atoms with Gasteiger partial charge in [0.2, 0.25) is 0 Å². The van der Waals surface area contributed by atoms with Gasteiger partial charge in [-0.2, -0.15) is 8.78 Å².